The Labute approximate surface area is 102 Å². The van der Waals surface area contributed by atoms with Crippen molar-refractivity contribution < 1.29 is 31.0 Å². The Morgan fingerprint density at radius 3 is 1.65 bits per heavy atom. The van der Waals surface area contributed by atoms with Crippen LogP contribution in [0.4, 0.5) is 0 Å². The predicted octanol–water partition coefficient (Wildman–Crippen LogP) is -1.26. The largest absolute Gasteiger partial charge is 0.395 e. The first-order chi connectivity index (χ1) is 7.62. The highest BCUT2D eigenvalue weighted by molar-refractivity contribution is 7.86. The molecule has 0 bridgehead atoms. The second-order valence-electron chi connectivity index (χ2n) is 3.05. The van der Waals surface area contributed by atoms with Crippen LogP contribution in [0.2, 0.25) is 0 Å². The van der Waals surface area contributed by atoms with Crippen LogP contribution in [0.1, 0.15) is 13.3 Å². The first-order valence-corrected chi connectivity index (χ1v) is 8.06. The van der Waals surface area contributed by atoms with E-state index in [0.29, 0.717) is 13.0 Å². The van der Waals surface area contributed by atoms with Crippen molar-refractivity contribution in [2.24, 2.45) is 0 Å². The fourth-order valence-electron chi connectivity index (χ4n) is 0.663. The third-order valence-electron chi connectivity index (χ3n) is 1.29. The molecular weight excluding hydrogens is 274 g/mol. The van der Waals surface area contributed by atoms with E-state index < -0.39 is 20.2 Å². The molecule has 0 aromatic heterocycles. The molecular formula is C7H19NO7S2. The molecule has 0 fully saturated rings. The van der Waals surface area contributed by atoms with E-state index in [4.69, 9.17) is 14.2 Å². The van der Waals surface area contributed by atoms with Crippen molar-refractivity contribution in [1.29, 1.82) is 0 Å². The van der Waals surface area contributed by atoms with Gasteiger partial charge in [0.15, 0.2) is 0 Å². The van der Waals surface area contributed by atoms with Gasteiger partial charge in [-0.05, 0) is 6.42 Å². The standard InChI is InChI=1S/C4H11NO4S.C3H8O3S/c6-3-1-5-2-4-10(7,8)9;1-2-3-7(4,5)6/h5-6H,1-4H2,(H,7,8,9);2-3H2,1H3,(H,4,5,6). The molecule has 0 amide bonds. The zero-order valence-corrected chi connectivity index (χ0v) is 11.2. The van der Waals surface area contributed by atoms with Crippen molar-refractivity contribution in [2.45, 2.75) is 13.3 Å². The summed E-state index contributed by atoms with van der Waals surface area (Å²) < 4.78 is 55.8. The van der Waals surface area contributed by atoms with Gasteiger partial charge in [-0.15, -0.1) is 0 Å². The molecule has 0 atom stereocenters. The van der Waals surface area contributed by atoms with Crippen LogP contribution in [0.3, 0.4) is 0 Å². The molecule has 0 aliphatic rings. The molecule has 0 aliphatic carbocycles. The first-order valence-electron chi connectivity index (χ1n) is 4.84. The zero-order chi connectivity index (χ0) is 13.9. The molecule has 4 N–H and O–H groups in total. The van der Waals surface area contributed by atoms with E-state index in [-0.39, 0.29) is 24.7 Å². The van der Waals surface area contributed by atoms with Crippen LogP contribution in [-0.4, -0.2) is 62.2 Å². The number of hydrogen-bond donors (Lipinski definition) is 4. The molecule has 0 unspecified atom stereocenters. The molecule has 0 aromatic carbocycles. The number of aliphatic hydroxyl groups is 1. The van der Waals surface area contributed by atoms with Crippen LogP contribution in [0.5, 0.6) is 0 Å². The lowest BCUT2D eigenvalue weighted by Crippen LogP contribution is -2.25. The van der Waals surface area contributed by atoms with Gasteiger partial charge in [0.05, 0.1) is 18.1 Å². The Kier molecular flexibility index (Phi) is 10.9. The zero-order valence-electron chi connectivity index (χ0n) is 9.53. The minimum absolute atomic E-state index is 0.0362. The predicted molar refractivity (Wildman–Crippen MR) is 63.1 cm³/mol. The number of hydrogen-bond acceptors (Lipinski definition) is 6. The molecule has 0 spiro atoms. The molecule has 0 saturated carbocycles. The lowest BCUT2D eigenvalue weighted by atomic mass is 10.6. The van der Waals surface area contributed by atoms with E-state index in [1.807, 2.05) is 0 Å². The summed E-state index contributed by atoms with van der Waals surface area (Å²) in [5, 5.41) is 10.8. The molecule has 0 rings (SSSR count). The third kappa shape index (κ3) is 25.8. The van der Waals surface area contributed by atoms with Gasteiger partial charge in [0.25, 0.3) is 20.2 Å². The summed E-state index contributed by atoms with van der Waals surface area (Å²) in [4.78, 5) is 0. The molecule has 0 aromatic rings. The normalized spacial score (nSPS) is 11.8. The maximum atomic E-state index is 10.0. The first kappa shape index (κ1) is 19.1. The Balaban J connectivity index is 0. The van der Waals surface area contributed by atoms with Crippen molar-refractivity contribution in [3.05, 3.63) is 0 Å². The van der Waals surface area contributed by atoms with Crippen LogP contribution in [0, 0.1) is 0 Å². The highest BCUT2D eigenvalue weighted by Gasteiger charge is 2.01. The van der Waals surface area contributed by atoms with Crippen molar-refractivity contribution in [2.75, 3.05) is 31.2 Å². The van der Waals surface area contributed by atoms with E-state index in [9.17, 15) is 16.8 Å². The molecule has 8 nitrogen and oxygen atoms in total. The highest BCUT2D eigenvalue weighted by Crippen LogP contribution is 1.83. The monoisotopic (exact) mass is 293 g/mol. The topological polar surface area (TPSA) is 141 Å². The van der Waals surface area contributed by atoms with Crippen molar-refractivity contribution in [1.82, 2.24) is 5.32 Å². The molecule has 0 heterocycles. The number of nitrogens with one attached hydrogen (secondary N) is 1. The molecule has 0 radical (unpaired) electrons. The van der Waals surface area contributed by atoms with Crippen LogP contribution >= 0.6 is 0 Å². The molecule has 17 heavy (non-hydrogen) atoms. The lowest BCUT2D eigenvalue weighted by molar-refractivity contribution is 0.293. The SMILES string of the molecule is CCCS(=O)(=O)O.O=S(=O)(O)CCNCCO. The molecule has 106 valence electrons. The van der Waals surface area contributed by atoms with Crippen molar-refractivity contribution >= 4 is 20.2 Å². The van der Waals surface area contributed by atoms with Crippen LogP contribution in [-0.2, 0) is 20.2 Å². The average Bonchev–Trinajstić information content (AvgIpc) is 2.10. The third-order valence-corrected chi connectivity index (χ3v) is 2.93. The molecule has 0 saturated heterocycles. The van der Waals surface area contributed by atoms with Gasteiger partial charge in [-0.1, -0.05) is 6.92 Å². The van der Waals surface area contributed by atoms with E-state index in [2.05, 4.69) is 5.32 Å². The Morgan fingerprint density at radius 1 is 0.941 bits per heavy atom. The van der Waals surface area contributed by atoms with E-state index >= 15 is 0 Å². The minimum atomic E-state index is -3.85. The maximum absolute atomic E-state index is 10.0. The summed E-state index contributed by atoms with van der Waals surface area (Å²) in [5.41, 5.74) is 0. The maximum Gasteiger partial charge on any atom is 0.266 e. The summed E-state index contributed by atoms with van der Waals surface area (Å²) in [6, 6.07) is 0. The Bertz CT molecular complexity index is 362. The van der Waals surface area contributed by atoms with Crippen molar-refractivity contribution in [3.8, 4) is 0 Å². The smallest absolute Gasteiger partial charge is 0.266 e. The lowest BCUT2D eigenvalue weighted by Gasteiger charge is -1.98. The van der Waals surface area contributed by atoms with Gasteiger partial charge in [-0.3, -0.25) is 9.11 Å². The van der Waals surface area contributed by atoms with Gasteiger partial charge in [-0.25, -0.2) is 0 Å². The van der Waals surface area contributed by atoms with E-state index in [1.165, 1.54) is 0 Å². The number of aliphatic hydroxyl groups excluding tert-OH is 1. The van der Waals surface area contributed by atoms with E-state index in [0.717, 1.165) is 0 Å². The van der Waals surface area contributed by atoms with Gasteiger partial charge in [0.2, 0.25) is 0 Å². The van der Waals surface area contributed by atoms with Crippen molar-refractivity contribution in [3.63, 3.8) is 0 Å². The Morgan fingerprint density at radius 2 is 1.41 bits per heavy atom. The van der Waals surface area contributed by atoms with Gasteiger partial charge in [0.1, 0.15) is 0 Å². The van der Waals surface area contributed by atoms with Gasteiger partial charge < -0.3 is 10.4 Å². The second kappa shape index (κ2) is 9.74. The highest BCUT2D eigenvalue weighted by atomic mass is 32.2. The summed E-state index contributed by atoms with van der Waals surface area (Å²) in [5.74, 6) is -0.444. The van der Waals surface area contributed by atoms with Crippen LogP contribution in [0.15, 0.2) is 0 Å². The minimum Gasteiger partial charge on any atom is -0.395 e. The second-order valence-corrected chi connectivity index (χ2v) is 6.19. The molecule has 0 aliphatic heterocycles. The fraction of sp³-hybridized carbons (Fsp3) is 1.00. The summed E-state index contributed by atoms with van der Waals surface area (Å²) in [7, 11) is -7.52. The quantitative estimate of drug-likeness (QED) is 0.337. The van der Waals surface area contributed by atoms with Crippen LogP contribution in [0.25, 0.3) is 0 Å². The molecule has 10 heteroatoms. The summed E-state index contributed by atoms with van der Waals surface area (Å²) >= 11 is 0. The van der Waals surface area contributed by atoms with Gasteiger partial charge in [0, 0.05) is 13.1 Å². The average molecular weight is 293 g/mol. The summed E-state index contributed by atoms with van der Waals surface area (Å²) in [6.45, 7) is 2.16. The Hall–Kier alpha value is -0.260. The van der Waals surface area contributed by atoms with Gasteiger partial charge in [-0.2, -0.15) is 16.8 Å². The van der Waals surface area contributed by atoms with E-state index in [1.54, 1.807) is 6.92 Å². The fourth-order valence-corrected chi connectivity index (χ4v) is 1.58. The number of rotatable bonds is 7. The van der Waals surface area contributed by atoms with Crippen LogP contribution < -0.4 is 5.32 Å². The van der Waals surface area contributed by atoms with Gasteiger partial charge >= 0.3 is 0 Å². The summed E-state index contributed by atoms with van der Waals surface area (Å²) in [6.07, 6.45) is 0.471.